The van der Waals surface area contributed by atoms with Crippen molar-refractivity contribution in [3.05, 3.63) is 68.4 Å². The van der Waals surface area contributed by atoms with E-state index in [2.05, 4.69) is 15.8 Å². The van der Waals surface area contributed by atoms with E-state index in [1.165, 1.54) is 21.8 Å². The van der Waals surface area contributed by atoms with E-state index in [9.17, 15) is 9.59 Å². The molecule has 1 aliphatic rings. The minimum atomic E-state index is -0.369. The van der Waals surface area contributed by atoms with Gasteiger partial charge in [-0.25, -0.2) is 0 Å². The lowest BCUT2D eigenvalue weighted by Crippen LogP contribution is -2.41. The lowest BCUT2D eigenvalue weighted by molar-refractivity contribution is 0.0849. The van der Waals surface area contributed by atoms with Crippen LogP contribution in [0.25, 0.3) is 5.69 Å². The number of hydrogen-bond acceptors (Lipinski definition) is 4. The largest absolute Gasteiger partial charge is 0.337 e. The molecular weight excluding hydrogens is 368 g/mol. The van der Waals surface area contributed by atoms with Crippen molar-refractivity contribution in [2.75, 3.05) is 0 Å². The van der Waals surface area contributed by atoms with Gasteiger partial charge >= 0.3 is 0 Å². The summed E-state index contributed by atoms with van der Waals surface area (Å²) < 4.78 is 2.38. The van der Waals surface area contributed by atoms with Gasteiger partial charge < -0.3 is 4.98 Å². The van der Waals surface area contributed by atoms with E-state index >= 15 is 0 Å². The average molecular weight is 384 g/mol. The van der Waals surface area contributed by atoms with Crippen LogP contribution >= 0.6 is 23.6 Å². The Hall–Kier alpha value is -2.71. The van der Waals surface area contributed by atoms with Crippen LogP contribution in [-0.4, -0.2) is 21.4 Å². The van der Waals surface area contributed by atoms with Crippen LogP contribution in [0.1, 0.15) is 36.9 Å². The van der Waals surface area contributed by atoms with Crippen LogP contribution in [0.4, 0.5) is 0 Å². The smallest absolute Gasteiger partial charge is 0.279 e. The minimum Gasteiger partial charge on any atom is -0.337 e. The van der Waals surface area contributed by atoms with Crippen molar-refractivity contribution in [1.29, 1.82) is 0 Å². The SMILES string of the molecule is O=C(NNC(=O)c1cc2c(s1)CCC2)c1ccc(-n2cc[nH]c2=S)cc1. The first kappa shape index (κ1) is 16.7. The lowest BCUT2D eigenvalue weighted by Gasteiger charge is -2.07. The molecule has 0 fully saturated rings. The fraction of sp³-hybridized carbons (Fsp3) is 0.167. The number of aryl methyl sites for hydroxylation is 2. The van der Waals surface area contributed by atoms with Crippen molar-refractivity contribution in [3.63, 3.8) is 0 Å². The van der Waals surface area contributed by atoms with E-state index in [4.69, 9.17) is 12.2 Å². The van der Waals surface area contributed by atoms with Crippen molar-refractivity contribution < 1.29 is 9.59 Å². The summed E-state index contributed by atoms with van der Waals surface area (Å²) in [6.07, 6.45) is 6.79. The van der Waals surface area contributed by atoms with E-state index in [1.54, 1.807) is 35.0 Å². The highest BCUT2D eigenvalue weighted by molar-refractivity contribution is 7.71. The third-order valence-corrected chi connectivity index (χ3v) is 5.87. The van der Waals surface area contributed by atoms with Gasteiger partial charge in [-0.05, 0) is 67.4 Å². The van der Waals surface area contributed by atoms with Gasteiger partial charge in [-0.2, -0.15) is 0 Å². The highest BCUT2D eigenvalue weighted by Crippen LogP contribution is 2.30. The molecule has 8 heteroatoms. The van der Waals surface area contributed by atoms with Crippen molar-refractivity contribution >= 4 is 35.4 Å². The van der Waals surface area contributed by atoms with Gasteiger partial charge in [0.1, 0.15) is 0 Å². The van der Waals surface area contributed by atoms with Crippen LogP contribution in [0.2, 0.25) is 0 Å². The van der Waals surface area contributed by atoms with Crippen molar-refractivity contribution in [2.24, 2.45) is 0 Å². The molecule has 0 unspecified atom stereocenters. The summed E-state index contributed by atoms with van der Waals surface area (Å²) in [5.74, 6) is -0.653. The number of rotatable bonds is 3. The second-order valence-electron chi connectivity index (χ2n) is 6.00. The number of benzene rings is 1. The molecule has 0 aliphatic heterocycles. The molecular formula is C18H16N4O2S2. The summed E-state index contributed by atoms with van der Waals surface area (Å²) in [4.78, 5) is 29.3. The maximum atomic E-state index is 12.2. The standard InChI is InChI=1S/C18H16N4O2S2/c23-16(11-4-6-13(7-5-11)22-9-8-19-18(22)25)20-21-17(24)15-10-12-2-1-3-14(12)26-15/h4-10H,1-3H2,(H,19,25)(H,20,23)(H,21,24). The predicted molar refractivity (Wildman–Crippen MR) is 102 cm³/mol. The second-order valence-corrected chi connectivity index (χ2v) is 7.53. The Labute approximate surface area is 158 Å². The quantitative estimate of drug-likeness (QED) is 0.479. The van der Waals surface area contributed by atoms with Crippen LogP contribution in [0.15, 0.2) is 42.7 Å². The van der Waals surface area contributed by atoms with E-state index in [0.717, 1.165) is 24.9 Å². The first-order valence-electron chi connectivity index (χ1n) is 8.20. The monoisotopic (exact) mass is 384 g/mol. The summed E-state index contributed by atoms with van der Waals surface area (Å²) in [5.41, 5.74) is 7.50. The number of nitrogens with zero attached hydrogens (tertiary/aromatic N) is 1. The van der Waals surface area contributed by atoms with Gasteiger partial charge in [0.2, 0.25) is 0 Å². The van der Waals surface area contributed by atoms with Crippen LogP contribution in [0.3, 0.4) is 0 Å². The van der Waals surface area contributed by atoms with Gasteiger partial charge in [0, 0.05) is 28.5 Å². The first-order valence-corrected chi connectivity index (χ1v) is 9.43. The molecule has 0 bridgehead atoms. The summed E-state index contributed by atoms with van der Waals surface area (Å²) in [5, 5.41) is 0. The molecule has 4 rings (SSSR count). The summed E-state index contributed by atoms with van der Waals surface area (Å²) >= 11 is 6.67. The number of amides is 2. The number of carbonyl (C=O) groups excluding carboxylic acids is 2. The van der Waals surface area contributed by atoms with E-state index in [1.807, 2.05) is 12.3 Å². The summed E-state index contributed by atoms with van der Waals surface area (Å²) in [6.45, 7) is 0. The Kier molecular flexibility index (Phi) is 4.44. The van der Waals surface area contributed by atoms with Crippen LogP contribution in [0, 0.1) is 4.77 Å². The number of hydrogen-bond donors (Lipinski definition) is 3. The highest BCUT2D eigenvalue weighted by atomic mass is 32.1. The van der Waals surface area contributed by atoms with Crippen LogP contribution in [0.5, 0.6) is 0 Å². The Balaban J connectivity index is 1.39. The maximum absolute atomic E-state index is 12.2. The Bertz CT molecular complexity index is 1010. The fourth-order valence-corrected chi connectivity index (χ4v) is 4.37. The zero-order valence-electron chi connectivity index (χ0n) is 13.7. The topological polar surface area (TPSA) is 78.9 Å². The number of nitrogens with one attached hydrogen (secondary N) is 3. The molecule has 2 heterocycles. The zero-order valence-corrected chi connectivity index (χ0v) is 15.4. The fourth-order valence-electron chi connectivity index (χ4n) is 2.99. The molecule has 26 heavy (non-hydrogen) atoms. The molecule has 1 aliphatic carbocycles. The molecule has 2 aromatic heterocycles. The van der Waals surface area contributed by atoms with Crippen molar-refractivity contribution in [1.82, 2.24) is 20.4 Å². The van der Waals surface area contributed by atoms with Gasteiger partial charge in [0.05, 0.1) is 4.88 Å². The van der Waals surface area contributed by atoms with E-state index in [0.29, 0.717) is 15.2 Å². The Morgan fingerprint density at radius 2 is 1.88 bits per heavy atom. The molecule has 2 amide bonds. The molecule has 1 aromatic carbocycles. The molecule has 0 saturated heterocycles. The van der Waals surface area contributed by atoms with Gasteiger partial charge in [-0.1, -0.05) is 0 Å². The molecule has 6 nitrogen and oxygen atoms in total. The Morgan fingerprint density at radius 1 is 1.12 bits per heavy atom. The molecule has 0 radical (unpaired) electrons. The molecule has 0 spiro atoms. The molecule has 0 atom stereocenters. The predicted octanol–water partition coefficient (Wildman–Crippen LogP) is 3.16. The van der Waals surface area contributed by atoms with E-state index < -0.39 is 0 Å². The van der Waals surface area contributed by atoms with Gasteiger partial charge in [0.15, 0.2) is 4.77 Å². The number of hydrazine groups is 1. The number of aromatic amines is 1. The number of carbonyl (C=O) groups is 2. The number of H-pyrrole nitrogens is 1. The minimum absolute atomic E-state index is 0.284. The zero-order chi connectivity index (χ0) is 18.1. The third-order valence-electron chi connectivity index (χ3n) is 4.32. The first-order chi connectivity index (χ1) is 12.6. The molecule has 3 N–H and O–H groups in total. The normalized spacial score (nSPS) is 12.6. The molecule has 3 aromatic rings. The van der Waals surface area contributed by atoms with Gasteiger partial charge in [-0.15, -0.1) is 11.3 Å². The number of aromatic nitrogens is 2. The highest BCUT2D eigenvalue weighted by Gasteiger charge is 2.18. The lowest BCUT2D eigenvalue weighted by atomic mass is 10.2. The van der Waals surface area contributed by atoms with Crippen LogP contribution < -0.4 is 10.9 Å². The van der Waals surface area contributed by atoms with Crippen molar-refractivity contribution in [2.45, 2.75) is 19.3 Å². The van der Waals surface area contributed by atoms with Crippen LogP contribution in [-0.2, 0) is 12.8 Å². The maximum Gasteiger partial charge on any atom is 0.279 e. The summed E-state index contributed by atoms with van der Waals surface area (Å²) in [7, 11) is 0. The second kappa shape index (κ2) is 6.89. The van der Waals surface area contributed by atoms with Gasteiger partial charge in [-0.3, -0.25) is 25.0 Å². The number of thiophene rings is 1. The van der Waals surface area contributed by atoms with E-state index in [-0.39, 0.29) is 11.8 Å². The molecule has 0 saturated carbocycles. The van der Waals surface area contributed by atoms with Crippen molar-refractivity contribution in [3.8, 4) is 5.69 Å². The van der Waals surface area contributed by atoms with Gasteiger partial charge in [0.25, 0.3) is 11.8 Å². The third kappa shape index (κ3) is 3.21. The Morgan fingerprint density at radius 3 is 2.58 bits per heavy atom. The summed E-state index contributed by atoms with van der Waals surface area (Å²) in [6, 6.07) is 8.88. The number of imidazole rings is 1. The number of fused-ring (bicyclic) bond motifs is 1. The average Bonchev–Trinajstić information content (AvgIpc) is 3.35. The molecule has 132 valence electrons.